The monoisotopic (exact) mass is 282 g/mol. The van der Waals surface area contributed by atoms with E-state index in [4.69, 9.17) is 5.73 Å². The van der Waals surface area contributed by atoms with Gasteiger partial charge in [0.1, 0.15) is 0 Å². The van der Waals surface area contributed by atoms with Crippen LogP contribution in [0.15, 0.2) is 30.5 Å². The number of nitrogens with two attached hydrogens (primary N) is 1. The van der Waals surface area contributed by atoms with E-state index >= 15 is 0 Å². The van der Waals surface area contributed by atoms with Gasteiger partial charge in [-0.15, -0.1) is 0 Å². The van der Waals surface area contributed by atoms with E-state index in [9.17, 15) is 4.79 Å². The molecular formula is C16H18N4O. The molecule has 2 aromatic rings. The van der Waals surface area contributed by atoms with Gasteiger partial charge in [-0.05, 0) is 25.0 Å². The smallest absolute Gasteiger partial charge is 0.225 e. The summed E-state index contributed by atoms with van der Waals surface area (Å²) in [5.74, 6) is 0.311. The summed E-state index contributed by atoms with van der Waals surface area (Å²) < 4.78 is 0. The number of hydrogen-bond acceptors (Lipinski definition) is 4. The first-order valence-electron chi connectivity index (χ1n) is 7.43. The Morgan fingerprint density at radius 2 is 2.24 bits per heavy atom. The molecule has 21 heavy (non-hydrogen) atoms. The normalized spacial score (nSPS) is 25.0. The molecule has 0 radical (unpaired) electrons. The molecule has 2 unspecified atom stereocenters. The van der Waals surface area contributed by atoms with Crippen LogP contribution in [0.4, 0.5) is 11.4 Å². The third-order valence-corrected chi connectivity index (χ3v) is 4.69. The fourth-order valence-electron chi connectivity index (χ4n) is 3.69. The van der Waals surface area contributed by atoms with E-state index in [0.29, 0.717) is 5.69 Å². The van der Waals surface area contributed by atoms with Gasteiger partial charge in [0.25, 0.3) is 0 Å². The molecule has 1 aromatic carbocycles. The predicted octanol–water partition coefficient (Wildman–Crippen LogP) is 1.53. The number of nitrogens with one attached hydrogen (secondary N) is 1. The van der Waals surface area contributed by atoms with Gasteiger partial charge in [-0.2, -0.15) is 0 Å². The minimum Gasteiger partial charge on any atom is -0.397 e. The first kappa shape index (κ1) is 12.4. The largest absolute Gasteiger partial charge is 0.397 e. The number of benzene rings is 1. The molecule has 0 aliphatic carbocycles. The number of carbonyl (C=O) groups excluding carboxylic acids is 1. The van der Waals surface area contributed by atoms with E-state index < -0.39 is 0 Å². The van der Waals surface area contributed by atoms with Gasteiger partial charge in [-0.25, -0.2) is 0 Å². The van der Waals surface area contributed by atoms with Gasteiger partial charge in [0.05, 0.1) is 23.2 Å². The van der Waals surface area contributed by atoms with Crippen LogP contribution >= 0.6 is 0 Å². The number of hydrogen-bond donors (Lipinski definition) is 2. The number of rotatable bonds is 1. The van der Waals surface area contributed by atoms with E-state index in [0.717, 1.165) is 42.5 Å². The van der Waals surface area contributed by atoms with Crippen molar-refractivity contribution in [3.63, 3.8) is 0 Å². The molecule has 2 fully saturated rings. The molecule has 2 atom stereocenters. The molecule has 108 valence electrons. The van der Waals surface area contributed by atoms with Gasteiger partial charge in [0.15, 0.2) is 0 Å². The lowest BCUT2D eigenvalue weighted by molar-refractivity contribution is -0.122. The third-order valence-electron chi connectivity index (χ3n) is 4.69. The first-order chi connectivity index (χ1) is 10.3. The van der Waals surface area contributed by atoms with Crippen LogP contribution in [0.25, 0.3) is 10.9 Å². The Morgan fingerprint density at radius 1 is 1.33 bits per heavy atom. The Hall–Kier alpha value is -2.30. The molecule has 3 N–H and O–H groups in total. The number of nitrogens with zero attached hydrogens (tertiary/aromatic N) is 2. The van der Waals surface area contributed by atoms with Crippen molar-refractivity contribution in [3.05, 3.63) is 30.5 Å². The molecule has 4 rings (SSSR count). The van der Waals surface area contributed by atoms with Crippen LogP contribution in [-0.2, 0) is 4.79 Å². The zero-order valence-electron chi connectivity index (χ0n) is 11.7. The van der Waals surface area contributed by atoms with Crippen LogP contribution in [-0.4, -0.2) is 30.0 Å². The third kappa shape index (κ3) is 1.84. The molecule has 2 saturated heterocycles. The second-order valence-electron chi connectivity index (χ2n) is 5.83. The van der Waals surface area contributed by atoms with Crippen molar-refractivity contribution < 1.29 is 4.79 Å². The van der Waals surface area contributed by atoms with Crippen molar-refractivity contribution in [3.8, 4) is 0 Å². The minimum atomic E-state index is 0.114. The number of para-hydroxylation sites is 1. The SMILES string of the molecule is Nc1cccc2c(N3CCCC4C(=O)NCC43)ccnc12. The van der Waals surface area contributed by atoms with Crippen molar-refractivity contribution >= 4 is 28.2 Å². The van der Waals surface area contributed by atoms with Crippen molar-refractivity contribution in [2.75, 3.05) is 23.7 Å². The minimum absolute atomic E-state index is 0.114. The molecular weight excluding hydrogens is 264 g/mol. The Kier molecular flexibility index (Phi) is 2.74. The summed E-state index contributed by atoms with van der Waals surface area (Å²) in [6.45, 7) is 1.71. The molecule has 0 spiro atoms. The van der Waals surface area contributed by atoms with Crippen LogP contribution in [0.2, 0.25) is 0 Å². The topological polar surface area (TPSA) is 71.2 Å². The number of carbonyl (C=O) groups is 1. The number of aromatic nitrogens is 1. The van der Waals surface area contributed by atoms with Crippen molar-refractivity contribution in [2.24, 2.45) is 5.92 Å². The molecule has 1 amide bonds. The Labute approximate surface area is 123 Å². The molecule has 2 aliphatic heterocycles. The van der Waals surface area contributed by atoms with Crippen molar-refractivity contribution in [1.29, 1.82) is 0 Å². The highest BCUT2D eigenvalue weighted by Crippen LogP contribution is 2.35. The zero-order valence-corrected chi connectivity index (χ0v) is 11.7. The fraction of sp³-hybridized carbons (Fsp3) is 0.375. The maximum atomic E-state index is 11.9. The van der Waals surface area contributed by atoms with Crippen molar-refractivity contribution in [2.45, 2.75) is 18.9 Å². The Balaban J connectivity index is 1.83. The summed E-state index contributed by atoms with van der Waals surface area (Å²) in [7, 11) is 0. The number of amides is 1. The molecule has 2 aliphatic rings. The maximum Gasteiger partial charge on any atom is 0.225 e. The molecule has 5 nitrogen and oxygen atoms in total. The molecule has 0 saturated carbocycles. The Bertz CT molecular complexity index is 714. The van der Waals surface area contributed by atoms with Crippen LogP contribution < -0.4 is 16.0 Å². The summed E-state index contributed by atoms with van der Waals surface area (Å²) in [5.41, 5.74) is 8.71. The standard InChI is InChI=1S/C16H18N4O/c17-12-5-1-3-10-13(6-7-18-15(10)12)20-8-2-4-11-14(20)9-19-16(11)21/h1,3,5-7,11,14H,2,4,8-9,17H2,(H,19,21). The van der Waals surface area contributed by atoms with Gasteiger partial charge in [0, 0.05) is 30.4 Å². The number of anilines is 2. The lowest BCUT2D eigenvalue weighted by atomic mass is 9.90. The van der Waals surface area contributed by atoms with Crippen LogP contribution in [0.5, 0.6) is 0 Å². The van der Waals surface area contributed by atoms with Crippen molar-refractivity contribution in [1.82, 2.24) is 10.3 Å². The Morgan fingerprint density at radius 3 is 3.14 bits per heavy atom. The van der Waals surface area contributed by atoms with Gasteiger partial charge in [0.2, 0.25) is 5.91 Å². The van der Waals surface area contributed by atoms with E-state index in [2.05, 4.69) is 21.3 Å². The maximum absolute atomic E-state index is 11.9. The van der Waals surface area contributed by atoms with E-state index in [1.165, 1.54) is 0 Å². The number of fused-ring (bicyclic) bond motifs is 2. The average molecular weight is 282 g/mol. The van der Waals surface area contributed by atoms with Gasteiger partial charge in [-0.1, -0.05) is 12.1 Å². The number of nitrogen functional groups attached to an aromatic ring is 1. The second kappa shape index (κ2) is 4.62. The van der Waals surface area contributed by atoms with Gasteiger partial charge < -0.3 is 16.0 Å². The molecule has 0 bridgehead atoms. The average Bonchev–Trinajstić information content (AvgIpc) is 2.89. The van der Waals surface area contributed by atoms with Crippen LogP contribution in [0.3, 0.4) is 0 Å². The summed E-state index contributed by atoms with van der Waals surface area (Å²) in [5, 5.41) is 4.07. The summed E-state index contributed by atoms with van der Waals surface area (Å²) in [6, 6.07) is 8.17. The van der Waals surface area contributed by atoms with E-state index in [-0.39, 0.29) is 17.9 Å². The second-order valence-corrected chi connectivity index (χ2v) is 5.83. The van der Waals surface area contributed by atoms with Gasteiger partial charge >= 0.3 is 0 Å². The number of piperidine rings is 1. The molecule has 5 heteroatoms. The van der Waals surface area contributed by atoms with E-state index in [1.54, 1.807) is 0 Å². The summed E-state index contributed by atoms with van der Waals surface area (Å²) in [6.07, 6.45) is 3.83. The highest BCUT2D eigenvalue weighted by atomic mass is 16.2. The lowest BCUT2D eigenvalue weighted by Crippen LogP contribution is -2.45. The van der Waals surface area contributed by atoms with Crippen LogP contribution in [0.1, 0.15) is 12.8 Å². The molecule has 3 heterocycles. The summed E-state index contributed by atoms with van der Waals surface area (Å²) in [4.78, 5) is 18.7. The highest BCUT2D eigenvalue weighted by molar-refractivity contribution is 5.98. The van der Waals surface area contributed by atoms with Crippen LogP contribution in [0, 0.1) is 5.92 Å². The fourth-order valence-corrected chi connectivity index (χ4v) is 3.69. The lowest BCUT2D eigenvalue weighted by Gasteiger charge is -2.38. The predicted molar refractivity (Wildman–Crippen MR) is 83.0 cm³/mol. The van der Waals surface area contributed by atoms with E-state index in [1.807, 2.05) is 24.4 Å². The number of pyridine rings is 1. The zero-order chi connectivity index (χ0) is 14.4. The quantitative estimate of drug-likeness (QED) is 0.778. The highest BCUT2D eigenvalue weighted by Gasteiger charge is 2.41. The summed E-state index contributed by atoms with van der Waals surface area (Å²) >= 11 is 0. The first-order valence-corrected chi connectivity index (χ1v) is 7.43. The molecule has 1 aromatic heterocycles. The van der Waals surface area contributed by atoms with Gasteiger partial charge in [-0.3, -0.25) is 9.78 Å².